The van der Waals surface area contributed by atoms with Gasteiger partial charge in [0.25, 0.3) is 5.91 Å². The number of hydrogen-bond acceptors (Lipinski definition) is 3. The second kappa shape index (κ2) is 6.22. The molecule has 0 aromatic carbocycles. The van der Waals surface area contributed by atoms with E-state index in [1.807, 2.05) is 19.2 Å². The zero-order chi connectivity index (χ0) is 13.7. The maximum Gasteiger partial charge on any atom is 0.287 e. The van der Waals surface area contributed by atoms with Crippen LogP contribution in [0.5, 0.6) is 0 Å². The molecule has 0 unspecified atom stereocenters. The molecule has 2 aromatic rings. The van der Waals surface area contributed by atoms with Crippen LogP contribution < -0.4 is 5.32 Å². The second-order valence-electron chi connectivity index (χ2n) is 4.63. The lowest BCUT2D eigenvalue weighted by atomic mass is 10.2. The Balaban J connectivity index is 1.94. The highest BCUT2D eigenvalue weighted by Crippen LogP contribution is 2.10. The van der Waals surface area contributed by atoms with Crippen LogP contribution in [-0.2, 0) is 6.54 Å². The number of amides is 1. The lowest BCUT2D eigenvalue weighted by Crippen LogP contribution is -2.32. The van der Waals surface area contributed by atoms with Gasteiger partial charge in [0.05, 0.1) is 6.54 Å². The van der Waals surface area contributed by atoms with Crippen LogP contribution in [0, 0.1) is 0 Å². The standard InChI is InChI=1S/C14H19N3O2/c1-3-5-11(2)16-14(18)13-7-6-12(19-13)10-17-9-4-8-15-17/h4,6-9,11H,3,5,10H2,1-2H3,(H,16,18)/t11-/m1/s1. The molecule has 1 N–H and O–H groups in total. The summed E-state index contributed by atoms with van der Waals surface area (Å²) in [6, 6.07) is 5.52. The summed E-state index contributed by atoms with van der Waals surface area (Å²) in [5.41, 5.74) is 0. The number of carbonyl (C=O) groups excluding carboxylic acids is 1. The lowest BCUT2D eigenvalue weighted by molar-refractivity contribution is 0.0908. The Morgan fingerprint density at radius 1 is 1.53 bits per heavy atom. The molecule has 0 bridgehead atoms. The van der Waals surface area contributed by atoms with Gasteiger partial charge in [-0.3, -0.25) is 9.48 Å². The van der Waals surface area contributed by atoms with Gasteiger partial charge in [-0.25, -0.2) is 0 Å². The first-order chi connectivity index (χ1) is 9.19. The number of rotatable bonds is 6. The molecule has 0 aliphatic carbocycles. The zero-order valence-electron chi connectivity index (χ0n) is 11.3. The SMILES string of the molecule is CCC[C@@H](C)NC(=O)c1ccc(Cn2cccn2)o1. The molecule has 5 nitrogen and oxygen atoms in total. The Morgan fingerprint density at radius 2 is 2.37 bits per heavy atom. The summed E-state index contributed by atoms with van der Waals surface area (Å²) in [4.78, 5) is 11.9. The van der Waals surface area contributed by atoms with Crippen LogP contribution in [0.4, 0.5) is 0 Å². The summed E-state index contributed by atoms with van der Waals surface area (Å²) in [6.07, 6.45) is 5.57. The van der Waals surface area contributed by atoms with E-state index in [2.05, 4.69) is 17.3 Å². The van der Waals surface area contributed by atoms with Gasteiger partial charge in [0.2, 0.25) is 0 Å². The van der Waals surface area contributed by atoms with Gasteiger partial charge in [0.1, 0.15) is 5.76 Å². The molecule has 1 amide bonds. The van der Waals surface area contributed by atoms with Crippen LogP contribution >= 0.6 is 0 Å². The average Bonchev–Trinajstić information content (AvgIpc) is 3.01. The third-order valence-electron chi connectivity index (χ3n) is 2.86. The molecule has 0 spiro atoms. The van der Waals surface area contributed by atoms with Crippen molar-refractivity contribution >= 4 is 5.91 Å². The molecule has 0 aliphatic rings. The van der Waals surface area contributed by atoms with E-state index < -0.39 is 0 Å². The molecule has 2 rings (SSSR count). The van der Waals surface area contributed by atoms with Crippen LogP contribution in [0.1, 0.15) is 43.0 Å². The van der Waals surface area contributed by atoms with Crippen molar-refractivity contribution in [2.45, 2.75) is 39.3 Å². The summed E-state index contributed by atoms with van der Waals surface area (Å²) in [5.74, 6) is 0.912. The monoisotopic (exact) mass is 261 g/mol. The van der Waals surface area contributed by atoms with E-state index in [-0.39, 0.29) is 11.9 Å². The number of aromatic nitrogens is 2. The molecule has 0 saturated heterocycles. The summed E-state index contributed by atoms with van der Waals surface area (Å²) in [6.45, 7) is 4.62. The predicted molar refractivity (Wildman–Crippen MR) is 71.9 cm³/mol. The minimum Gasteiger partial charge on any atom is -0.454 e. The highest BCUT2D eigenvalue weighted by molar-refractivity contribution is 5.91. The molecule has 2 heterocycles. The first kappa shape index (κ1) is 13.4. The summed E-state index contributed by atoms with van der Waals surface area (Å²) < 4.78 is 7.28. The van der Waals surface area contributed by atoms with E-state index in [1.54, 1.807) is 23.0 Å². The highest BCUT2D eigenvalue weighted by Gasteiger charge is 2.13. The minimum atomic E-state index is -0.160. The zero-order valence-corrected chi connectivity index (χ0v) is 11.3. The Morgan fingerprint density at radius 3 is 3.05 bits per heavy atom. The van der Waals surface area contributed by atoms with Gasteiger partial charge in [0.15, 0.2) is 5.76 Å². The summed E-state index contributed by atoms with van der Waals surface area (Å²) in [7, 11) is 0. The smallest absolute Gasteiger partial charge is 0.287 e. The Labute approximate surface area is 112 Å². The number of carbonyl (C=O) groups is 1. The fraction of sp³-hybridized carbons (Fsp3) is 0.429. The Hall–Kier alpha value is -2.04. The van der Waals surface area contributed by atoms with Gasteiger partial charge in [-0.05, 0) is 31.5 Å². The van der Waals surface area contributed by atoms with Gasteiger partial charge < -0.3 is 9.73 Å². The summed E-state index contributed by atoms with van der Waals surface area (Å²) in [5, 5.41) is 7.01. The fourth-order valence-electron chi connectivity index (χ4n) is 1.94. The number of hydrogen-bond donors (Lipinski definition) is 1. The van der Waals surface area contributed by atoms with Crippen molar-refractivity contribution in [2.75, 3.05) is 0 Å². The molecule has 0 saturated carbocycles. The number of nitrogens with one attached hydrogen (secondary N) is 1. The van der Waals surface area contributed by atoms with Gasteiger partial charge in [-0.2, -0.15) is 5.10 Å². The molecule has 19 heavy (non-hydrogen) atoms. The molecule has 0 fully saturated rings. The predicted octanol–water partition coefficient (Wildman–Crippen LogP) is 2.44. The quantitative estimate of drug-likeness (QED) is 0.868. The van der Waals surface area contributed by atoms with Crippen LogP contribution in [0.25, 0.3) is 0 Å². The maximum atomic E-state index is 11.9. The third-order valence-corrected chi connectivity index (χ3v) is 2.86. The molecule has 1 atom stereocenters. The third kappa shape index (κ3) is 3.71. The highest BCUT2D eigenvalue weighted by atomic mass is 16.4. The van der Waals surface area contributed by atoms with Gasteiger partial charge in [-0.1, -0.05) is 13.3 Å². The average molecular weight is 261 g/mol. The minimum absolute atomic E-state index is 0.160. The topological polar surface area (TPSA) is 60.1 Å². The largest absolute Gasteiger partial charge is 0.454 e. The van der Waals surface area contributed by atoms with E-state index in [1.165, 1.54) is 0 Å². The van der Waals surface area contributed by atoms with Crippen molar-refractivity contribution < 1.29 is 9.21 Å². The Kier molecular flexibility index (Phi) is 4.39. The molecule has 0 aliphatic heterocycles. The van der Waals surface area contributed by atoms with Gasteiger partial charge in [-0.15, -0.1) is 0 Å². The Bertz CT molecular complexity index is 517. The summed E-state index contributed by atoms with van der Waals surface area (Å²) >= 11 is 0. The second-order valence-corrected chi connectivity index (χ2v) is 4.63. The maximum absolute atomic E-state index is 11.9. The van der Waals surface area contributed by atoms with Crippen molar-refractivity contribution in [2.24, 2.45) is 0 Å². The van der Waals surface area contributed by atoms with Crippen LogP contribution in [-0.4, -0.2) is 21.7 Å². The first-order valence-corrected chi connectivity index (χ1v) is 6.56. The molecule has 2 aromatic heterocycles. The molecule has 0 radical (unpaired) electrons. The van der Waals surface area contributed by atoms with Crippen molar-refractivity contribution in [3.8, 4) is 0 Å². The molecular weight excluding hydrogens is 242 g/mol. The van der Waals surface area contributed by atoms with E-state index in [9.17, 15) is 4.79 Å². The molecule has 5 heteroatoms. The van der Waals surface area contributed by atoms with Crippen LogP contribution in [0.3, 0.4) is 0 Å². The van der Waals surface area contributed by atoms with Crippen molar-refractivity contribution in [3.63, 3.8) is 0 Å². The van der Waals surface area contributed by atoms with Crippen LogP contribution in [0.15, 0.2) is 35.0 Å². The van der Waals surface area contributed by atoms with Gasteiger partial charge >= 0.3 is 0 Å². The van der Waals surface area contributed by atoms with Crippen LogP contribution in [0.2, 0.25) is 0 Å². The van der Waals surface area contributed by atoms with Crippen molar-refractivity contribution in [1.29, 1.82) is 0 Å². The normalized spacial score (nSPS) is 12.3. The number of furan rings is 1. The van der Waals surface area contributed by atoms with E-state index in [0.717, 1.165) is 18.6 Å². The van der Waals surface area contributed by atoms with E-state index in [0.29, 0.717) is 12.3 Å². The van der Waals surface area contributed by atoms with E-state index in [4.69, 9.17) is 4.42 Å². The van der Waals surface area contributed by atoms with Gasteiger partial charge in [0, 0.05) is 18.4 Å². The number of nitrogens with zero attached hydrogens (tertiary/aromatic N) is 2. The van der Waals surface area contributed by atoms with E-state index >= 15 is 0 Å². The lowest BCUT2D eigenvalue weighted by Gasteiger charge is -2.10. The van der Waals surface area contributed by atoms with Crippen molar-refractivity contribution in [1.82, 2.24) is 15.1 Å². The van der Waals surface area contributed by atoms with Crippen molar-refractivity contribution in [3.05, 3.63) is 42.1 Å². The molecular formula is C14H19N3O2. The fourth-order valence-corrected chi connectivity index (χ4v) is 1.94. The first-order valence-electron chi connectivity index (χ1n) is 6.56. The molecule has 102 valence electrons.